The molecule has 0 atom stereocenters. The molecule has 5 rings (SSSR count). The molecular formula is C19H15N7. The second-order valence-corrected chi connectivity index (χ2v) is 5.97. The van der Waals surface area contributed by atoms with Crippen LogP contribution in [0.4, 0.5) is 11.8 Å². The van der Waals surface area contributed by atoms with Gasteiger partial charge in [-0.2, -0.15) is 10.1 Å². The highest BCUT2D eigenvalue weighted by molar-refractivity contribution is 5.80. The molecule has 0 aliphatic heterocycles. The molecular weight excluding hydrogens is 326 g/mol. The molecule has 4 heterocycles. The summed E-state index contributed by atoms with van der Waals surface area (Å²) in [5.74, 6) is 1.22. The van der Waals surface area contributed by atoms with Crippen molar-refractivity contribution in [2.75, 3.05) is 5.32 Å². The lowest BCUT2D eigenvalue weighted by Crippen LogP contribution is -2.03. The van der Waals surface area contributed by atoms with Crippen molar-refractivity contribution in [1.29, 1.82) is 0 Å². The third kappa shape index (κ3) is 2.37. The summed E-state index contributed by atoms with van der Waals surface area (Å²) in [5.41, 5.74) is 3.61. The van der Waals surface area contributed by atoms with Crippen LogP contribution in [0.25, 0.3) is 22.2 Å². The Hall–Kier alpha value is -3.74. The van der Waals surface area contributed by atoms with E-state index in [1.807, 2.05) is 72.4 Å². The number of benzene rings is 1. The molecule has 26 heavy (non-hydrogen) atoms. The first-order chi connectivity index (χ1) is 12.8. The van der Waals surface area contributed by atoms with E-state index < -0.39 is 0 Å². The number of rotatable bonds is 3. The van der Waals surface area contributed by atoms with Gasteiger partial charge in [0.25, 0.3) is 0 Å². The molecule has 126 valence electrons. The number of aromatic nitrogens is 6. The fourth-order valence-electron chi connectivity index (χ4n) is 3.02. The summed E-state index contributed by atoms with van der Waals surface area (Å²) in [6.45, 7) is 2.00. The lowest BCUT2D eigenvalue weighted by molar-refractivity contribution is 0.829. The predicted octanol–water partition coefficient (Wildman–Crippen LogP) is 3.52. The highest BCUT2D eigenvalue weighted by Crippen LogP contribution is 2.19. The van der Waals surface area contributed by atoms with E-state index >= 15 is 0 Å². The fourth-order valence-corrected chi connectivity index (χ4v) is 3.02. The van der Waals surface area contributed by atoms with Gasteiger partial charge in [-0.05, 0) is 43.3 Å². The molecule has 5 aromatic rings. The van der Waals surface area contributed by atoms with Crippen LogP contribution in [0, 0.1) is 6.92 Å². The van der Waals surface area contributed by atoms with Crippen molar-refractivity contribution in [1.82, 2.24) is 29.4 Å². The van der Waals surface area contributed by atoms with Crippen molar-refractivity contribution >= 4 is 28.3 Å². The molecule has 4 aromatic heterocycles. The normalized spacial score (nSPS) is 11.3. The largest absolute Gasteiger partial charge is 0.307 e. The van der Waals surface area contributed by atoms with E-state index in [4.69, 9.17) is 0 Å². The van der Waals surface area contributed by atoms with E-state index in [-0.39, 0.29) is 0 Å². The number of fused-ring (bicyclic) bond motifs is 2. The highest BCUT2D eigenvalue weighted by Gasteiger charge is 2.11. The summed E-state index contributed by atoms with van der Waals surface area (Å²) < 4.78 is 3.62. The monoisotopic (exact) mass is 341 g/mol. The van der Waals surface area contributed by atoms with Gasteiger partial charge < -0.3 is 5.32 Å². The first kappa shape index (κ1) is 14.6. The highest BCUT2D eigenvalue weighted by atomic mass is 15.4. The van der Waals surface area contributed by atoms with Gasteiger partial charge in [-0.3, -0.25) is 0 Å². The minimum absolute atomic E-state index is 0.508. The summed E-state index contributed by atoms with van der Waals surface area (Å²) in [6.07, 6.45) is 3.66. The van der Waals surface area contributed by atoms with Gasteiger partial charge in [0, 0.05) is 17.8 Å². The molecule has 0 aliphatic rings. The minimum Gasteiger partial charge on any atom is -0.307 e. The van der Waals surface area contributed by atoms with Gasteiger partial charge in [-0.25, -0.2) is 14.2 Å². The summed E-state index contributed by atoms with van der Waals surface area (Å²) in [5, 5.41) is 13.1. The van der Waals surface area contributed by atoms with Crippen LogP contribution in [0.1, 0.15) is 5.69 Å². The van der Waals surface area contributed by atoms with Crippen molar-refractivity contribution in [3.63, 3.8) is 0 Å². The predicted molar refractivity (Wildman–Crippen MR) is 99.9 cm³/mol. The molecule has 0 saturated carbocycles. The maximum absolute atomic E-state index is 4.61. The molecule has 0 amide bonds. The number of para-hydroxylation sites is 1. The lowest BCUT2D eigenvalue weighted by Gasteiger charge is -2.06. The number of hydrogen-bond donors (Lipinski definition) is 1. The Morgan fingerprint density at radius 1 is 0.923 bits per heavy atom. The molecule has 0 radical (unpaired) electrons. The molecule has 7 nitrogen and oxygen atoms in total. The van der Waals surface area contributed by atoms with Crippen LogP contribution in [0.15, 0.2) is 67.0 Å². The summed E-state index contributed by atoms with van der Waals surface area (Å²) in [7, 11) is 0. The van der Waals surface area contributed by atoms with Crippen molar-refractivity contribution in [3.05, 3.63) is 72.7 Å². The molecule has 0 fully saturated rings. The zero-order chi connectivity index (χ0) is 17.5. The Kier molecular flexibility index (Phi) is 3.18. The first-order valence-corrected chi connectivity index (χ1v) is 8.27. The Bertz CT molecular complexity index is 1220. The number of nitrogens with zero attached hydrogens (tertiary/aromatic N) is 6. The first-order valence-electron chi connectivity index (χ1n) is 8.27. The van der Waals surface area contributed by atoms with Crippen LogP contribution < -0.4 is 5.32 Å². The van der Waals surface area contributed by atoms with Crippen LogP contribution in [0.5, 0.6) is 0 Å². The van der Waals surface area contributed by atoms with Crippen molar-refractivity contribution in [2.24, 2.45) is 0 Å². The average Bonchev–Trinajstić information content (AvgIpc) is 3.32. The van der Waals surface area contributed by atoms with Gasteiger partial charge >= 0.3 is 0 Å². The molecule has 7 heteroatoms. The average molecular weight is 341 g/mol. The van der Waals surface area contributed by atoms with E-state index in [0.717, 1.165) is 27.9 Å². The zero-order valence-corrected chi connectivity index (χ0v) is 14.0. The lowest BCUT2D eigenvalue weighted by atomic mass is 10.2. The van der Waals surface area contributed by atoms with Crippen LogP contribution in [0.2, 0.25) is 0 Å². The molecule has 1 N–H and O–H groups in total. The number of aryl methyl sites for hydroxylation is 1. The van der Waals surface area contributed by atoms with E-state index in [1.165, 1.54) is 0 Å². The van der Waals surface area contributed by atoms with Gasteiger partial charge in [-0.15, -0.1) is 5.10 Å². The van der Waals surface area contributed by atoms with Gasteiger partial charge in [0.15, 0.2) is 5.65 Å². The van der Waals surface area contributed by atoms with Crippen molar-refractivity contribution < 1.29 is 0 Å². The van der Waals surface area contributed by atoms with Gasteiger partial charge in [-0.1, -0.05) is 18.2 Å². The van der Waals surface area contributed by atoms with Crippen LogP contribution >= 0.6 is 0 Å². The second-order valence-electron chi connectivity index (χ2n) is 5.97. The number of pyridine rings is 2. The molecule has 0 unspecified atom stereocenters. The van der Waals surface area contributed by atoms with Crippen molar-refractivity contribution in [2.45, 2.75) is 6.92 Å². The summed E-state index contributed by atoms with van der Waals surface area (Å²) >= 11 is 0. The van der Waals surface area contributed by atoms with Gasteiger partial charge in [0.1, 0.15) is 5.82 Å². The second kappa shape index (κ2) is 5.66. The molecule has 0 saturated heterocycles. The minimum atomic E-state index is 0.508. The SMILES string of the molecule is Cc1c(-n2cccn2)ccc2nc(Nc3ccc4ccccc4n3)nn12. The standard InChI is InChI=1S/C19H15N7/c1-13-16(25-12-4-11-20-25)8-10-18-23-19(24-26(13)18)22-17-9-7-14-5-2-3-6-15(14)21-17/h2-12H,1H3,(H,21,22,24). The number of nitrogens with one attached hydrogen (secondary N) is 1. The van der Waals surface area contributed by atoms with E-state index in [1.54, 1.807) is 10.7 Å². The van der Waals surface area contributed by atoms with Gasteiger partial charge in [0.05, 0.1) is 16.9 Å². The van der Waals surface area contributed by atoms with Crippen LogP contribution in [-0.4, -0.2) is 29.4 Å². The molecule has 1 aromatic carbocycles. The van der Waals surface area contributed by atoms with Crippen LogP contribution in [-0.2, 0) is 0 Å². The summed E-state index contributed by atoms with van der Waals surface area (Å²) in [4.78, 5) is 9.15. The number of anilines is 2. The fraction of sp³-hybridized carbons (Fsp3) is 0.0526. The topological polar surface area (TPSA) is 72.9 Å². The Morgan fingerprint density at radius 2 is 1.85 bits per heavy atom. The van der Waals surface area contributed by atoms with E-state index in [9.17, 15) is 0 Å². The Morgan fingerprint density at radius 3 is 2.73 bits per heavy atom. The third-order valence-electron chi connectivity index (χ3n) is 4.30. The maximum Gasteiger partial charge on any atom is 0.248 e. The summed E-state index contributed by atoms with van der Waals surface area (Å²) in [6, 6.07) is 17.8. The molecule has 0 aliphatic carbocycles. The maximum atomic E-state index is 4.61. The smallest absolute Gasteiger partial charge is 0.248 e. The molecule has 0 bridgehead atoms. The Labute approximate surface area is 148 Å². The van der Waals surface area contributed by atoms with E-state index in [0.29, 0.717) is 11.8 Å². The van der Waals surface area contributed by atoms with E-state index in [2.05, 4.69) is 25.5 Å². The van der Waals surface area contributed by atoms with Crippen molar-refractivity contribution in [3.8, 4) is 5.69 Å². The third-order valence-corrected chi connectivity index (χ3v) is 4.30. The quantitative estimate of drug-likeness (QED) is 0.543. The zero-order valence-electron chi connectivity index (χ0n) is 14.0. The Balaban J connectivity index is 1.53. The van der Waals surface area contributed by atoms with Gasteiger partial charge in [0.2, 0.25) is 5.95 Å². The number of hydrogen-bond acceptors (Lipinski definition) is 5. The van der Waals surface area contributed by atoms with Crippen LogP contribution in [0.3, 0.4) is 0 Å². The molecule has 0 spiro atoms.